The van der Waals surface area contributed by atoms with Crippen LogP contribution in [0.25, 0.3) is 22.7 Å². The Hall–Kier alpha value is -4.45. The molecule has 3 aromatic heterocycles. The summed E-state index contributed by atoms with van der Waals surface area (Å²) in [6.07, 6.45) is 3.42. The molecule has 0 bridgehead atoms. The number of hydrogen-bond acceptors (Lipinski definition) is 11. The normalized spacial score (nSPS) is 13.8. The van der Waals surface area contributed by atoms with E-state index in [4.69, 9.17) is 18.9 Å². The van der Waals surface area contributed by atoms with E-state index in [1.165, 1.54) is 0 Å². The lowest BCUT2D eigenvalue weighted by Crippen LogP contribution is -2.47. The number of anilines is 4. The lowest BCUT2D eigenvalue weighted by atomic mass is 10.1. The Labute approximate surface area is 232 Å². The minimum absolute atomic E-state index is 0.313. The molecule has 0 unspecified atom stereocenters. The molecule has 0 aliphatic carbocycles. The summed E-state index contributed by atoms with van der Waals surface area (Å²) in [5, 5.41) is 6.35. The van der Waals surface area contributed by atoms with E-state index in [0.29, 0.717) is 53.7 Å². The van der Waals surface area contributed by atoms with Crippen LogP contribution in [0, 0.1) is 0 Å². The van der Waals surface area contributed by atoms with Crippen molar-refractivity contribution in [1.82, 2.24) is 24.8 Å². The number of halogens is 1. The highest BCUT2D eigenvalue weighted by molar-refractivity contribution is 5.78. The second-order valence-corrected chi connectivity index (χ2v) is 9.14. The number of ether oxygens (including phenoxy) is 2. The summed E-state index contributed by atoms with van der Waals surface area (Å²) in [6, 6.07) is 11.6. The Balaban J connectivity index is 1.37. The van der Waals surface area contributed by atoms with Gasteiger partial charge in [-0.2, -0.15) is 4.98 Å². The van der Waals surface area contributed by atoms with Crippen molar-refractivity contribution in [2.24, 2.45) is 0 Å². The SMILES string of the molecule is CCNc1nc(-c2cc(OC)cc(OC)c2)c(-c2ccnc(Nc3ccc(N4CCN(CCF)CC4)nc3)n2)o1. The lowest BCUT2D eigenvalue weighted by molar-refractivity contribution is 0.235. The molecule has 12 heteroatoms. The summed E-state index contributed by atoms with van der Waals surface area (Å²) in [6.45, 7) is 6.08. The first-order chi connectivity index (χ1) is 19.6. The third-order valence-electron chi connectivity index (χ3n) is 6.57. The number of nitrogens with zero attached hydrogens (tertiary/aromatic N) is 6. The van der Waals surface area contributed by atoms with Gasteiger partial charge in [-0.05, 0) is 37.3 Å². The molecule has 210 valence electrons. The molecule has 1 aromatic carbocycles. The van der Waals surface area contributed by atoms with E-state index in [1.54, 1.807) is 38.7 Å². The first-order valence-corrected chi connectivity index (χ1v) is 13.2. The molecule has 5 rings (SSSR count). The van der Waals surface area contributed by atoms with Crippen LogP contribution in [0.1, 0.15) is 6.92 Å². The monoisotopic (exact) mass is 548 g/mol. The fraction of sp³-hybridized carbons (Fsp3) is 0.357. The van der Waals surface area contributed by atoms with E-state index in [9.17, 15) is 4.39 Å². The zero-order valence-corrected chi connectivity index (χ0v) is 22.9. The standard InChI is InChI=1S/C28H33FN8O3/c1-4-30-28-35-25(19-15-21(38-2)17-22(16-19)39-3)26(40-28)23-7-9-31-27(34-23)33-20-5-6-24(32-18-20)37-13-11-36(10-8-29)12-14-37/h5-7,9,15-18H,4,8,10-14H2,1-3H3,(H,30,35)(H,31,33,34). The maximum atomic E-state index is 12.6. The summed E-state index contributed by atoms with van der Waals surface area (Å²) in [7, 11) is 3.20. The van der Waals surface area contributed by atoms with E-state index in [0.717, 1.165) is 43.2 Å². The molecule has 4 aromatic rings. The molecule has 0 spiro atoms. The molecule has 0 saturated carbocycles. The Morgan fingerprint density at radius 2 is 1.75 bits per heavy atom. The van der Waals surface area contributed by atoms with Crippen molar-refractivity contribution >= 4 is 23.5 Å². The number of benzene rings is 1. The van der Waals surface area contributed by atoms with E-state index in [2.05, 4.69) is 35.4 Å². The van der Waals surface area contributed by atoms with Gasteiger partial charge in [0.15, 0.2) is 5.76 Å². The zero-order chi connectivity index (χ0) is 27.9. The number of oxazole rings is 1. The predicted molar refractivity (Wildman–Crippen MR) is 152 cm³/mol. The van der Waals surface area contributed by atoms with Crippen LogP contribution in [0.2, 0.25) is 0 Å². The third-order valence-corrected chi connectivity index (χ3v) is 6.57. The Bertz CT molecular complexity index is 1380. The summed E-state index contributed by atoms with van der Waals surface area (Å²) in [5.41, 5.74) is 2.66. The molecule has 1 aliphatic heterocycles. The molecule has 0 amide bonds. The molecule has 1 aliphatic rings. The molecule has 11 nitrogen and oxygen atoms in total. The average Bonchev–Trinajstić information content (AvgIpc) is 3.42. The first kappa shape index (κ1) is 27.1. The van der Waals surface area contributed by atoms with Crippen molar-refractivity contribution in [3.05, 3.63) is 48.8 Å². The van der Waals surface area contributed by atoms with Gasteiger partial charge in [0.05, 0.1) is 26.1 Å². The molecule has 1 fully saturated rings. The molecule has 40 heavy (non-hydrogen) atoms. The Morgan fingerprint density at radius 1 is 0.975 bits per heavy atom. The lowest BCUT2D eigenvalue weighted by Gasteiger charge is -2.34. The van der Waals surface area contributed by atoms with Gasteiger partial charge in [-0.1, -0.05) is 0 Å². The average molecular weight is 549 g/mol. The molecule has 0 radical (unpaired) electrons. The largest absolute Gasteiger partial charge is 0.497 e. The third kappa shape index (κ3) is 6.23. The number of alkyl halides is 1. The van der Waals surface area contributed by atoms with Crippen LogP contribution in [0.3, 0.4) is 0 Å². The van der Waals surface area contributed by atoms with Gasteiger partial charge >= 0.3 is 0 Å². The van der Waals surface area contributed by atoms with Crippen molar-refractivity contribution < 1.29 is 18.3 Å². The van der Waals surface area contributed by atoms with Gasteiger partial charge in [0.25, 0.3) is 6.01 Å². The number of nitrogens with one attached hydrogen (secondary N) is 2. The molecule has 4 heterocycles. The van der Waals surface area contributed by atoms with Crippen molar-refractivity contribution in [1.29, 1.82) is 0 Å². The number of rotatable bonds is 11. The first-order valence-electron chi connectivity index (χ1n) is 13.2. The highest BCUT2D eigenvalue weighted by atomic mass is 19.1. The van der Waals surface area contributed by atoms with Crippen LogP contribution < -0.4 is 25.0 Å². The molecular weight excluding hydrogens is 515 g/mol. The van der Waals surface area contributed by atoms with Gasteiger partial charge in [-0.15, -0.1) is 0 Å². The second-order valence-electron chi connectivity index (χ2n) is 9.14. The number of pyridine rings is 1. The highest BCUT2D eigenvalue weighted by Gasteiger charge is 2.21. The summed E-state index contributed by atoms with van der Waals surface area (Å²) >= 11 is 0. The number of hydrogen-bond donors (Lipinski definition) is 2. The topological polar surface area (TPSA) is 114 Å². The van der Waals surface area contributed by atoms with Crippen LogP contribution >= 0.6 is 0 Å². The summed E-state index contributed by atoms with van der Waals surface area (Å²) in [4.78, 5) is 22.7. The second kappa shape index (κ2) is 12.6. The van der Waals surface area contributed by atoms with Crippen LogP contribution in [-0.4, -0.2) is 85.0 Å². The van der Waals surface area contributed by atoms with E-state index in [1.807, 2.05) is 31.2 Å². The molecule has 1 saturated heterocycles. The van der Waals surface area contributed by atoms with Gasteiger partial charge < -0.3 is 29.4 Å². The molecule has 2 N–H and O–H groups in total. The quantitative estimate of drug-likeness (QED) is 0.277. The molecular formula is C28H33FN8O3. The zero-order valence-electron chi connectivity index (χ0n) is 22.9. The smallest absolute Gasteiger partial charge is 0.295 e. The number of aromatic nitrogens is 4. The van der Waals surface area contributed by atoms with Crippen molar-refractivity contribution in [2.45, 2.75) is 6.92 Å². The summed E-state index contributed by atoms with van der Waals surface area (Å²) < 4.78 is 29.6. The number of piperazine rings is 1. The summed E-state index contributed by atoms with van der Waals surface area (Å²) in [5.74, 6) is 3.03. The maximum Gasteiger partial charge on any atom is 0.295 e. The van der Waals surface area contributed by atoms with Crippen molar-refractivity contribution in [2.75, 3.05) is 75.7 Å². The van der Waals surface area contributed by atoms with E-state index >= 15 is 0 Å². The van der Waals surface area contributed by atoms with Crippen molar-refractivity contribution in [3.63, 3.8) is 0 Å². The minimum Gasteiger partial charge on any atom is -0.497 e. The highest BCUT2D eigenvalue weighted by Crippen LogP contribution is 2.37. The van der Waals surface area contributed by atoms with Crippen LogP contribution in [0.5, 0.6) is 11.5 Å². The fourth-order valence-corrected chi connectivity index (χ4v) is 4.50. The fourth-order valence-electron chi connectivity index (χ4n) is 4.50. The van der Waals surface area contributed by atoms with Crippen LogP contribution in [-0.2, 0) is 0 Å². The van der Waals surface area contributed by atoms with E-state index < -0.39 is 0 Å². The van der Waals surface area contributed by atoms with Crippen LogP contribution in [0.4, 0.5) is 27.9 Å². The Kier molecular flexibility index (Phi) is 8.55. The van der Waals surface area contributed by atoms with Gasteiger partial charge in [0.1, 0.15) is 35.4 Å². The molecule has 0 atom stereocenters. The maximum absolute atomic E-state index is 12.6. The van der Waals surface area contributed by atoms with Crippen LogP contribution in [0.15, 0.2) is 53.2 Å². The van der Waals surface area contributed by atoms with Crippen molar-refractivity contribution in [3.8, 4) is 34.2 Å². The minimum atomic E-state index is -0.313. The van der Waals surface area contributed by atoms with E-state index in [-0.39, 0.29) is 6.67 Å². The van der Waals surface area contributed by atoms with Gasteiger partial charge in [-0.3, -0.25) is 4.90 Å². The van der Waals surface area contributed by atoms with Gasteiger partial charge in [0, 0.05) is 57.1 Å². The van der Waals surface area contributed by atoms with Gasteiger partial charge in [-0.25, -0.2) is 19.3 Å². The predicted octanol–water partition coefficient (Wildman–Crippen LogP) is 4.48. The Morgan fingerprint density at radius 3 is 2.40 bits per heavy atom. The van der Waals surface area contributed by atoms with Gasteiger partial charge in [0.2, 0.25) is 5.95 Å². The number of methoxy groups -OCH3 is 2.